The van der Waals surface area contributed by atoms with Crippen molar-refractivity contribution >= 4 is 12.4 Å². The average molecular weight is 289 g/mol. The number of nitrogens with two attached hydrogens (primary N) is 1. The number of rotatable bonds is 4. The number of hydrogen-bond donors (Lipinski definition) is 1. The Kier molecular flexibility index (Phi) is 6.55. The normalized spacial score (nSPS) is 19.8. The highest BCUT2D eigenvalue weighted by Crippen LogP contribution is 2.21. The standard InChI is InChI=1S/C14H21FN2O.ClH/c1-18-14-5-4-11(7-13(14)15)9-17-6-2-3-12(8-16)10-17;/h4-5,7,12H,2-3,6,8-10,16H2,1H3;1H. The molecular formula is C14H22ClFN2O. The molecule has 0 aromatic heterocycles. The molecule has 108 valence electrons. The van der Waals surface area contributed by atoms with Gasteiger partial charge in [-0.1, -0.05) is 6.07 Å². The second-order valence-corrected chi connectivity index (χ2v) is 4.95. The van der Waals surface area contributed by atoms with Crippen molar-refractivity contribution in [3.63, 3.8) is 0 Å². The molecule has 0 aliphatic carbocycles. The van der Waals surface area contributed by atoms with Gasteiger partial charge in [-0.25, -0.2) is 4.39 Å². The van der Waals surface area contributed by atoms with E-state index in [1.807, 2.05) is 6.07 Å². The van der Waals surface area contributed by atoms with E-state index in [0.29, 0.717) is 11.7 Å². The van der Waals surface area contributed by atoms with E-state index >= 15 is 0 Å². The van der Waals surface area contributed by atoms with Crippen molar-refractivity contribution in [2.45, 2.75) is 19.4 Å². The van der Waals surface area contributed by atoms with Crippen LogP contribution in [0, 0.1) is 11.7 Å². The van der Waals surface area contributed by atoms with Crippen LogP contribution >= 0.6 is 12.4 Å². The lowest BCUT2D eigenvalue weighted by Crippen LogP contribution is -2.37. The summed E-state index contributed by atoms with van der Waals surface area (Å²) in [5, 5.41) is 0. The molecule has 19 heavy (non-hydrogen) atoms. The SMILES string of the molecule is COc1ccc(CN2CCCC(CN)C2)cc1F.Cl. The molecule has 0 saturated carbocycles. The molecule has 0 radical (unpaired) electrons. The number of ether oxygens (including phenoxy) is 1. The minimum absolute atomic E-state index is 0. The molecule has 3 nitrogen and oxygen atoms in total. The number of halogens is 2. The Morgan fingerprint density at radius 1 is 1.47 bits per heavy atom. The Balaban J connectivity index is 0.00000180. The van der Waals surface area contributed by atoms with Gasteiger partial charge in [-0.05, 0) is 49.5 Å². The van der Waals surface area contributed by atoms with Gasteiger partial charge in [-0.2, -0.15) is 0 Å². The smallest absolute Gasteiger partial charge is 0.165 e. The first-order valence-electron chi connectivity index (χ1n) is 6.47. The predicted molar refractivity (Wildman–Crippen MR) is 77.3 cm³/mol. The van der Waals surface area contributed by atoms with Crippen LogP contribution in [0.1, 0.15) is 18.4 Å². The molecule has 2 N–H and O–H groups in total. The van der Waals surface area contributed by atoms with Crippen molar-refractivity contribution in [3.8, 4) is 5.75 Å². The molecule has 5 heteroatoms. The maximum atomic E-state index is 13.6. The van der Waals surface area contributed by atoms with Gasteiger partial charge in [0.15, 0.2) is 11.6 Å². The summed E-state index contributed by atoms with van der Waals surface area (Å²) >= 11 is 0. The van der Waals surface area contributed by atoms with Crippen molar-refractivity contribution < 1.29 is 9.13 Å². The van der Waals surface area contributed by atoms with Gasteiger partial charge < -0.3 is 10.5 Å². The molecule has 1 saturated heterocycles. The topological polar surface area (TPSA) is 38.5 Å². The lowest BCUT2D eigenvalue weighted by molar-refractivity contribution is 0.171. The zero-order chi connectivity index (χ0) is 13.0. The lowest BCUT2D eigenvalue weighted by Gasteiger charge is -2.32. The highest BCUT2D eigenvalue weighted by Gasteiger charge is 2.18. The van der Waals surface area contributed by atoms with Crippen LogP contribution < -0.4 is 10.5 Å². The van der Waals surface area contributed by atoms with E-state index in [0.717, 1.165) is 31.7 Å². The molecule has 1 aromatic rings. The fourth-order valence-electron chi connectivity index (χ4n) is 2.55. The summed E-state index contributed by atoms with van der Waals surface area (Å²) in [5.41, 5.74) is 6.71. The van der Waals surface area contributed by atoms with E-state index in [1.165, 1.54) is 20.0 Å². The summed E-state index contributed by atoms with van der Waals surface area (Å²) in [6, 6.07) is 5.17. The van der Waals surface area contributed by atoms with Gasteiger partial charge in [-0.3, -0.25) is 4.90 Å². The number of methoxy groups -OCH3 is 1. The van der Waals surface area contributed by atoms with Crippen LogP contribution in [-0.2, 0) is 6.54 Å². The van der Waals surface area contributed by atoms with Gasteiger partial charge in [0, 0.05) is 13.1 Å². The Hall–Kier alpha value is -0.840. The minimum atomic E-state index is -0.289. The molecule has 0 spiro atoms. The summed E-state index contributed by atoms with van der Waals surface area (Å²) < 4.78 is 18.5. The number of benzene rings is 1. The Bertz CT molecular complexity index is 403. The van der Waals surface area contributed by atoms with Gasteiger partial charge in [0.2, 0.25) is 0 Å². The molecule has 0 amide bonds. The van der Waals surface area contributed by atoms with E-state index in [2.05, 4.69) is 4.90 Å². The minimum Gasteiger partial charge on any atom is -0.494 e. The van der Waals surface area contributed by atoms with Gasteiger partial charge in [0.1, 0.15) is 0 Å². The van der Waals surface area contributed by atoms with Crippen LogP contribution in [0.15, 0.2) is 18.2 Å². The van der Waals surface area contributed by atoms with Gasteiger partial charge >= 0.3 is 0 Å². The lowest BCUT2D eigenvalue weighted by atomic mass is 9.98. The molecule has 1 atom stereocenters. The summed E-state index contributed by atoms with van der Waals surface area (Å²) in [4.78, 5) is 2.35. The van der Waals surface area contributed by atoms with Crippen molar-refractivity contribution in [1.29, 1.82) is 0 Å². The molecule has 1 aliphatic heterocycles. The zero-order valence-corrected chi connectivity index (χ0v) is 12.1. The van der Waals surface area contributed by atoms with E-state index in [-0.39, 0.29) is 18.2 Å². The molecule has 0 bridgehead atoms. The largest absolute Gasteiger partial charge is 0.494 e. The first kappa shape index (κ1) is 16.2. The first-order chi connectivity index (χ1) is 8.72. The highest BCUT2D eigenvalue weighted by molar-refractivity contribution is 5.85. The maximum Gasteiger partial charge on any atom is 0.165 e. The van der Waals surface area contributed by atoms with E-state index in [1.54, 1.807) is 12.1 Å². The third-order valence-corrected chi connectivity index (χ3v) is 3.56. The zero-order valence-electron chi connectivity index (χ0n) is 11.3. The van der Waals surface area contributed by atoms with Gasteiger partial charge in [0.05, 0.1) is 7.11 Å². The summed E-state index contributed by atoms with van der Waals surface area (Å²) in [6.07, 6.45) is 2.39. The maximum absolute atomic E-state index is 13.6. The van der Waals surface area contributed by atoms with Crippen LogP contribution in [0.2, 0.25) is 0 Å². The molecule has 1 aliphatic rings. The van der Waals surface area contributed by atoms with Gasteiger partial charge in [-0.15, -0.1) is 12.4 Å². The Morgan fingerprint density at radius 3 is 2.89 bits per heavy atom. The second kappa shape index (κ2) is 7.68. The first-order valence-corrected chi connectivity index (χ1v) is 6.47. The Morgan fingerprint density at radius 2 is 2.26 bits per heavy atom. The molecule has 1 aromatic carbocycles. The molecular weight excluding hydrogens is 267 g/mol. The molecule has 1 unspecified atom stereocenters. The summed E-state index contributed by atoms with van der Waals surface area (Å²) in [7, 11) is 1.48. The number of piperidine rings is 1. The number of nitrogens with zero attached hydrogens (tertiary/aromatic N) is 1. The third-order valence-electron chi connectivity index (χ3n) is 3.56. The van der Waals surface area contributed by atoms with Crippen LogP contribution in [0.25, 0.3) is 0 Å². The van der Waals surface area contributed by atoms with Crippen LogP contribution in [-0.4, -0.2) is 31.6 Å². The van der Waals surface area contributed by atoms with E-state index in [4.69, 9.17) is 10.5 Å². The van der Waals surface area contributed by atoms with Crippen LogP contribution in [0.5, 0.6) is 5.75 Å². The van der Waals surface area contributed by atoms with Crippen molar-refractivity contribution in [3.05, 3.63) is 29.6 Å². The quantitative estimate of drug-likeness (QED) is 0.925. The fourth-order valence-corrected chi connectivity index (χ4v) is 2.55. The van der Waals surface area contributed by atoms with Gasteiger partial charge in [0.25, 0.3) is 0 Å². The average Bonchev–Trinajstić information content (AvgIpc) is 2.39. The van der Waals surface area contributed by atoms with E-state index in [9.17, 15) is 4.39 Å². The molecule has 1 fully saturated rings. The monoisotopic (exact) mass is 288 g/mol. The number of likely N-dealkylation sites (tertiary alicyclic amines) is 1. The fraction of sp³-hybridized carbons (Fsp3) is 0.571. The molecule has 2 rings (SSSR count). The van der Waals surface area contributed by atoms with E-state index < -0.39 is 0 Å². The predicted octanol–water partition coefficient (Wildman–Crippen LogP) is 2.43. The summed E-state index contributed by atoms with van der Waals surface area (Å²) in [6.45, 7) is 3.62. The van der Waals surface area contributed by atoms with Crippen LogP contribution in [0.4, 0.5) is 4.39 Å². The number of hydrogen-bond acceptors (Lipinski definition) is 3. The molecule has 1 heterocycles. The third kappa shape index (κ3) is 4.34. The highest BCUT2D eigenvalue weighted by atomic mass is 35.5. The second-order valence-electron chi connectivity index (χ2n) is 4.95. The summed E-state index contributed by atoms with van der Waals surface area (Å²) in [5.74, 6) is 0.599. The van der Waals surface area contributed by atoms with Crippen molar-refractivity contribution in [1.82, 2.24) is 4.90 Å². The Labute approximate surface area is 120 Å². The van der Waals surface area contributed by atoms with Crippen molar-refractivity contribution in [2.75, 3.05) is 26.7 Å². The van der Waals surface area contributed by atoms with Crippen LogP contribution in [0.3, 0.4) is 0 Å². The van der Waals surface area contributed by atoms with Crippen molar-refractivity contribution in [2.24, 2.45) is 11.7 Å².